The largest absolute Gasteiger partial charge is 0.395 e. The fraction of sp³-hybridized carbons (Fsp3) is 0.750. The highest BCUT2D eigenvalue weighted by Gasteiger charge is 2.17. The average molecular weight is 255 g/mol. The number of aliphatic hydroxyl groups excluding tert-OH is 1. The molecule has 0 radical (unpaired) electrons. The first-order valence-electron chi connectivity index (χ1n) is 6.30. The molecule has 2 rings (SSSR count). The van der Waals surface area contributed by atoms with Crippen molar-refractivity contribution in [1.29, 1.82) is 0 Å². The second-order valence-corrected chi connectivity index (χ2v) is 5.37. The number of thiazole rings is 1. The van der Waals surface area contributed by atoms with Crippen LogP contribution in [0.15, 0.2) is 5.38 Å². The molecule has 2 heterocycles. The van der Waals surface area contributed by atoms with Crippen LogP contribution in [0.1, 0.15) is 17.6 Å². The summed E-state index contributed by atoms with van der Waals surface area (Å²) in [7, 11) is 0. The number of aryl methyl sites for hydroxylation is 1. The molecule has 1 aliphatic heterocycles. The first-order chi connectivity index (χ1) is 8.31. The molecule has 0 unspecified atom stereocenters. The van der Waals surface area contributed by atoms with Gasteiger partial charge in [-0.25, -0.2) is 4.98 Å². The molecule has 0 bridgehead atoms. The van der Waals surface area contributed by atoms with Crippen LogP contribution in [0.25, 0.3) is 0 Å². The van der Waals surface area contributed by atoms with Gasteiger partial charge in [0.1, 0.15) is 0 Å². The number of hydrogen-bond donors (Lipinski definition) is 1. The minimum Gasteiger partial charge on any atom is -0.395 e. The van der Waals surface area contributed by atoms with Crippen LogP contribution >= 0.6 is 11.3 Å². The maximum Gasteiger partial charge on any atom is 0.0926 e. The van der Waals surface area contributed by atoms with Crippen molar-refractivity contribution in [2.75, 3.05) is 39.3 Å². The van der Waals surface area contributed by atoms with Gasteiger partial charge in [0.2, 0.25) is 0 Å². The molecule has 96 valence electrons. The molecule has 0 amide bonds. The molecule has 1 aliphatic rings. The van der Waals surface area contributed by atoms with Gasteiger partial charge in [0, 0.05) is 44.6 Å². The highest BCUT2D eigenvalue weighted by atomic mass is 32.1. The summed E-state index contributed by atoms with van der Waals surface area (Å²) < 4.78 is 0. The first-order valence-corrected chi connectivity index (χ1v) is 7.18. The van der Waals surface area contributed by atoms with Gasteiger partial charge < -0.3 is 5.11 Å². The fourth-order valence-corrected chi connectivity index (χ4v) is 2.86. The van der Waals surface area contributed by atoms with Crippen LogP contribution < -0.4 is 0 Å². The van der Waals surface area contributed by atoms with Crippen LogP contribution in [-0.4, -0.2) is 59.2 Å². The lowest BCUT2D eigenvalue weighted by molar-refractivity contribution is 0.108. The van der Waals surface area contributed by atoms with Gasteiger partial charge in [0.15, 0.2) is 0 Å². The van der Waals surface area contributed by atoms with E-state index in [4.69, 9.17) is 5.11 Å². The summed E-state index contributed by atoms with van der Waals surface area (Å²) in [6, 6.07) is 0. The van der Waals surface area contributed by atoms with Gasteiger partial charge in [0.05, 0.1) is 17.3 Å². The fourth-order valence-electron chi connectivity index (χ4n) is 2.13. The molecule has 1 fully saturated rings. The molecule has 1 aromatic rings. The molecule has 1 saturated heterocycles. The number of aromatic nitrogens is 1. The Morgan fingerprint density at radius 1 is 1.29 bits per heavy atom. The van der Waals surface area contributed by atoms with Gasteiger partial charge in [-0.15, -0.1) is 11.3 Å². The second-order valence-electron chi connectivity index (χ2n) is 4.43. The van der Waals surface area contributed by atoms with Gasteiger partial charge >= 0.3 is 0 Å². The average Bonchev–Trinajstić information content (AvgIpc) is 2.80. The number of rotatable bonds is 5. The first kappa shape index (κ1) is 13.0. The maximum absolute atomic E-state index is 8.89. The zero-order valence-electron chi connectivity index (χ0n) is 10.4. The molecular weight excluding hydrogens is 234 g/mol. The summed E-state index contributed by atoms with van der Waals surface area (Å²) in [5.41, 5.74) is 1.21. The molecule has 1 aromatic heterocycles. The highest BCUT2D eigenvalue weighted by molar-refractivity contribution is 7.09. The van der Waals surface area contributed by atoms with E-state index in [1.807, 2.05) is 0 Å². The maximum atomic E-state index is 8.89. The summed E-state index contributed by atoms with van der Waals surface area (Å²) in [4.78, 5) is 9.36. The number of piperazine rings is 1. The minimum absolute atomic E-state index is 0.270. The van der Waals surface area contributed by atoms with E-state index < -0.39 is 0 Å². The molecule has 4 nitrogen and oxygen atoms in total. The van der Waals surface area contributed by atoms with Crippen LogP contribution in [0.5, 0.6) is 0 Å². The lowest BCUT2D eigenvalue weighted by atomic mass is 10.3. The van der Waals surface area contributed by atoms with Crippen LogP contribution in [0.3, 0.4) is 0 Å². The predicted molar refractivity (Wildman–Crippen MR) is 70.3 cm³/mol. The molecule has 5 heteroatoms. The summed E-state index contributed by atoms with van der Waals surface area (Å²) >= 11 is 1.77. The molecule has 1 N–H and O–H groups in total. The summed E-state index contributed by atoms with van der Waals surface area (Å²) in [5.74, 6) is 0. The zero-order valence-corrected chi connectivity index (χ0v) is 11.2. The standard InChI is InChI=1S/C12H21N3OS/c1-2-12-13-11(10-17-12)9-15-5-3-14(4-6-15)7-8-16/h10,16H,2-9H2,1H3. The molecule has 17 heavy (non-hydrogen) atoms. The van der Waals surface area contributed by atoms with E-state index in [2.05, 4.69) is 27.1 Å². The van der Waals surface area contributed by atoms with E-state index in [0.717, 1.165) is 45.7 Å². The summed E-state index contributed by atoms with van der Waals surface area (Å²) in [6.07, 6.45) is 1.04. The minimum atomic E-state index is 0.270. The third-order valence-electron chi connectivity index (χ3n) is 3.17. The van der Waals surface area contributed by atoms with E-state index >= 15 is 0 Å². The number of hydrogen-bond acceptors (Lipinski definition) is 5. The van der Waals surface area contributed by atoms with Crippen LogP contribution in [0, 0.1) is 0 Å². The highest BCUT2D eigenvalue weighted by Crippen LogP contribution is 2.13. The third-order valence-corrected chi connectivity index (χ3v) is 4.21. The summed E-state index contributed by atoms with van der Waals surface area (Å²) in [5, 5.41) is 12.3. The SMILES string of the molecule is CCc1nc(CN2CCN(CCO)CC2)cs1. The molecule has 0 spiro atoms. The second kappa shape index (κ2) is 6.44. The van der Waals surface area contributed by atoms with Crippen LogP contribution in [0.4, 0.5) is 0 Å². The van der Waals surface area contributed by atoms with Crippen LogP contribution in [0.2, 0.25) is 0 Å². The number of nitrogens with zero attached hydrogens (tertiary/aromatic N) is 3. The van der Waals surface area contributed by atoms with E-state index in [1.54, 1.807) is 11.3 Å². The number of aliphatic hydroxyl groups is 1. The van der Waals surface area contributed by atoms with Crippen molar-refractivity contribution in [1.82, 2.24) is 14.8 Å². The molecule has 0 aliphatic carbocycles. The third kappa shape index (κ3) is 3.74. The Hall–Kier alpha value is -0.490. The Kier molecular flexibility index (Phi) is 4.91. The van der Waals surface area contributed by atoms with E-state index in [1.165, 1.54) is 10.7 Å². The van der Waals surface area contributed by atoms with Crippen molar-refractivity contribution in [3.05, 3.63) is 16.1 Å². The molecule has 0 aromatic carbocycles. The van der Waals surface area contributed by atoms with Crippen molar-refractivity contribution in [2.45, 2.75) is 19.9 Å². The monoisotopic (exact) mass is 255 g/mol. The Morgan fingerprint density at radius 2 is 2.00 bits per heavy atom. The molecule has 0 saturated carbocycles. The van der Waals surface area contributed by atoms with E-state index in [0.29, 0.717) is 0 Å². The lowest BCUT2D eigenvalue weighted by Gasteiger charge is -2.33. The van der Waals surface area contributed by atoms with Gasteiger partial charge in [-0.1, -0.05) is 6.92 Å². The van der Waals surface area contributed by atoms with Gasteiger partial charge in [-0.05, 0) is 6.42 Å². The molecule has 0 atom stereocenters. The normalized spacial score (nSPS) is 18.7. The summed E-state index contributed by atoms with van der Waals surface area (Å²) in [6.45, 7) is 8.49. The van der Waals surface area contributed by atoms with Crippen LogP contribution in [-0.2, 0) is 13.0 Å². The number of β-amino-alcohol motifs (C(OH)–C–C–N with tert-alkyl or cyclic N) is 1. The van der Waals surface area contributed by atoms with Crippen molar-refractivity contribution < 1.29 is 5.11 Å². The Morgan fingerprint density at radius 3 is 2.59 bits per heavy atom. The Bertz CT molecular complexity index is 334. The Balaban J connectivity index is 1.77. The van der Waals surface area contributed by atoms with E-state index in [-0.39, 0.29) is 6.61 Å². The zero-order chi connectivity index (χ0) is 12.1. The topological polar surface area (TPSA) is 39.6 Å². The smallest absolute Gasteiger partial charge is 0.0926 e. The van der Waals surface area contributed by atoms with E-state index in [9.17, 15) is 0 Å². The molecular formula is C12H21N3OS. The van der Waals surface area contributed by atoms with Crippen molar-refractivity contribution >= 4 is 11.3 Å². The van der Waals surface area contributed by atoms with Crippen molar-refractivity contribution in [3.8, 4) is 0 Å². The van der Waals surface area contributed by atoms with Crippen molar-refractivity contribution in [2.24, 2.45) is 0 Å². The Labute approximate surface area is 107 Å². The van der Waals surface area contributed by atoms with Gasteiger partial charge in [-0.2, -0.15) is 0 Å². The van der Waals surface area contributed by atoms with Gasteiger partial charge in [-0.3, -0.25) is 9.80 Å². The lowest BCUT2D eigenvalue weighted by Crippen LogP contribution is -2.46. The van der Waals surface area contributed by atoms with Gasteiger partial charge in [0.25, 0.3) is 0 Å². The predicted octanol–water partition coefficient (Wildman–Crippen LogP) is 0.815. The quantitative estimate of drug-likeness (QED) is 0.845. The van der Waals surface area contributed by atoms with Crippen molar-refractivity contribution in [3.63, 3.8) is 0 Å².